The van der Waals surface area contributed by atoms with Gasteiger partial charge in [-0.3, -0.25) is 0 Å². The summed E-state index contributed by atoms with van der Waals surface area (Å²) in [7, 11) is 0. The molecule has 0 aliphatic carbocycles. The predicted octanol–water partition coefficient (Wildman–Crippen LogP) is 2.60. The molecule has 0 spiro atoms. The first-order valence-corrected chi connectivity index (χ1v) is 5.04. The predicted molar refractivity (Wildman–Crippen MR) is 57.9 cm³/mol. The first kappa shape index (κ1) is 12.7. The highest BCUT2D eigenvalue weighted by molar-refractivity contribution is 14.1. The van der Waals surface area contributed by atoms with E-state index in [-0.39, 0.29) is 15.7 Å². The van der Waals surface area contributed by atoms with Gasteiger partial charge in [-0.2, -0.15) is 5.26 Å². The molecular formula is C8H4F2IN3O2. The largest absolute Gasteiger partial charge is 0.377 e. The number of nitrogens with zero attached hydrogens (tertiary/aromatic N) is 3. The summed E-state index contributed by atoms with van der Waals surface area (Å²) >= 11 is 1.45. The highest BCUT2D eigenvalue weighted by atomic mass is 127. The molecule has 1 aromatic heterocycles. The minimum absolute atomic E-state index is 0.0232. The van der Waals surface area contributed by atoms with Crippen LogP contribution in [0.25, 0.3) is 0 Å². The number of pyridine rings is 1. The van der Waals surface area contributed by atoms with E-state index >= 15 is 0 Å². The van der Waals surface area contributed by atoms with Crippen molar-refractivity contribution in [3.8, 4) is 6.07 Å². The average Bonchev–Trinajstić information content (AvgIpc) is 2.19. The molecule has 0 fully saturated rings. The van der Waals surface area contributed by atoms with Crippen molar-refractivity contribution < 1.29 is 13.7 Å². The molecule has 5 nitrogen and oxygen atoms in total. The maximum Gasteiger partial charge on any atom is 0.377 e. The van der Waals surface area contributed by atoms with Gasteiger partial charge in [-0.05, 0) is 38.6 Å². The second-order valence-corrected chi connectivity index (χ2v) is 3.81. The molecule has 1 rings (SSSR count). The molecule has 0 aromatic carbocycles. The molecule has 0 saturated heterocycles. The number of hydrogen-bond donors (Lipinski definition) is 0. The van der Waals surface area contributed by atoms with Gasteiger partial charge >= 0.3 is 5.82 Å². The lowest BCUT2D eigenvalue weighted by Gasteiger charge is -2.04. The summed E-state index contributed by atoms with van der Waals surface area (Å²) < 4.78 is 24.9. The fourth-order valence-corrected chi connectivity index (χ4v) is 1.75. The molecule has 0 bridgehead atoms. The summed E-state index contributed by atoms with van der Waals surface area (Å²) in [5, 5.41) is 19.0. The summed E-state index contributed by atoms with van der Waals surface area (Å²) in [6.07, 6.45) is -3.07. The number of hydrogen-bond acceptors (Lipinski definition) is 4. The molecule has 0 unspecified atom stereocenters. The number of alkyl halides is 2. The fraction of sp³-hybridized carbons (Fsp3) is 0.250. The fourth-order valence-electron chi connectivity index (χ4n) is 1.04. The minimum atomic E-state index is -2.83. The van der Waals surface area contributed by atoms with E-state index in [0.717, 1.165) is 6.07 Å². The normalized spacial score (nSPS) is 10.2. The quantitative estimate of drug-likeness (QED) is 0.482. The molecule has 0 N–H and O–H groups in total. The second kappa shape index (κ2) is 5.11. The number of rotatable bonds is 3. The third-order valence-corrected chi connectivity index (χ3v) is 2.79. The molecule has 16 heavy (non-hydrogen) atoms. The van der Waals surface area contributed by atoms with E-state index in [2.05, 4.69) is 4.98 Å². The summed E-state index contributed by atoms with van der Waals surface area (Å²) in [5.41, 5.74) is -0.488. The molecule has 8 heteroatoms. The van der Waals surface area contributed by atoms with Crippen LogP contribution in [0.5, 0.6) is 0 Å². The molecule has 0 saturated carbocycles. The molecule has 0 aliphatic rings. The van der Waals surface area contributed by atoms with Gasteiger partial charge in [0, 0.05) is 5.56 Å². The van der Waals surface area contributed by atoms with Gasteiger partial charge in [0.15, 0.2) is 5.69 Å². The Morgan fingerprint density at radius 2 is 2.31 bits per heavy atom. The molecular weight excluding hydrogens is 335 g/mol. The summed E-state index contributed by atoms with van der Waals surface area (Å²) in [4.78, 5) is 13.3. The van der Waals surface area contributed by atoms with E-state index in [9.17, 15) is 18.9 Å². The van der Waals surface area contributed by atoms with Crippen LogP contribution in [0.3, 0.4) is 0 Å². The van der Waals surface area contributed by atoms with Crippen molar-refractivity contribution in [3.05, 3.63) is 31.0 Å². The highest BCUT2D eigenvalue weighted by Gasteiger charge is 2.24. The van der Waals surface area contributed by atoms with Crippen LogP contribution in [0.15, 0.2) is 6.07 Å². The van der Waals surface area contributed by atoms with Crippen LogP contribution in [0.2, 0.25) is 0 Å². The van der Waals surface area contributed by atoms with E-state index in [1.165, 1.54) is 22.6 Å². The number of halogens is 3. The van der Waals surface area contributed by atoms with Crippen molar-refractivity contribution in [1.29, 1.82) is 5.26 Å². The second-order valence-electron chi connectivity index (χ2n) is 2.73. The number of nitro groups is 1. The Kier molecular flexibility index (Phi) is 4.05. The van der Waals surface area contributed by atoms with Gasteiger partial charge < -0.3 is 10.1 Å². The molecule has 1 heterocycles. The Balaban J connectivity index is 3.40. The standard InChI is InChI=1S/C8H4F2IN3O2/c9-7(10)5-3-4(1-2-12)13-8(6(5)11)14(15)16/h3,7H,1H2. The van der Waals surface area contributed by atoms with Gasteiger partial charge in [0.2, 0.25) is 0 Å². The van der Waals surface area contributed by atoms with Crippen LogP contribution in [0.1, 0.15) is 17.7 Å². The molecule has 0 aliphatic heterocycles. The van der Waals surface area contributed by atoms with Crippen molar-refractivity contribution in [1.82, 2.24) is 4.98 Å². The SMILES string of the molecule is N#CCc1cc(C(F)F)c(I)c([N+](=O)[O-])n1. The summed E-state index contributed by atoms with van der Waals surface area (Å²) in [6.45, 7) is 0. The third-order valence-electron chi connectivity index (χ3n) is 1.69. The van der Waals surface area contributed by atoms with Gasteiger partial charge in [0.25, 0.3) is 6.43 Å². The van der Waals surface area contributed by atoms with Crippen LogP contribution in [0.4, 0.5) is 14.6 Å². The maximum absolute atomic E-state index is 12.6. The molecule has 0 atom stereocenters. The van der Waals surface area contributed by atoms with Crippen molar-refractivity contribution in [2.24, 2.45) is 0 Å². The van der Waals surface area contributed by atoms with Crippen LogP contribution >= 0.6 is 22.6 Å². The third kappa shape index (κ3) is 2.60. The highest BCUT2D eigenvalue weighted by Crippen LogP contribution is 2.30. The zero-order valence-electron chi connectivity index (χ0n) is 7.65. The molecule has 0 radical (unpaired) electrons. The first-order chi connectivity index (χ1) is 7.47. The van der Waals surface area contributed by atoms with Crippen LogP contribution in [-0.4, -0.2) is 9.91 Å². The smallest absolute Gasteiger partial charge is 0.358 e. The van der Waals surface area contributed by atoms with Gasteiger partial charge in [0.05, 0.1) is 6.07 Å². The first-order valence-electron chi connectivity index (χ1n) is 3.96. The van der Waals surface area contributed by atoms with Crippen LogP contribution in [0, 0.1) is 25.0 Å². The van der Waals surface area contributed by atoms with Crippen molar-refractivity contribution in [2.75, 3.05) is 0 Å². The van der Waals surface area contributed by atoms with Crippen LogP contribution < -0.4 is 0 Å². The summed E-state index contributed by atoms with van der Waals surface area (Å²) in [5.74, 6) is -0.636. The Labute approximate surface area is 102 Å². The van der Waals surface area contributed by atoms with E-state index in [0.29, 0.717) is 0 Å². The Morgan fingerprint density at radius 3 is 2.75 bits per heavy atom. The average molecular weight is 339 g/mol. The monoisotopic (exact) mass is 339 g/mol. The minimum Gasteiger partial charge on any atom is -0.358 e. The zero-order valence-corrected chi connectivity index (χ0v) is 9.81. The lowest BCUT2D eigenvalue weighted by atomic mass is 10.2. The Morgan fingerprint density at radius 1 is 1.69 bits per heavy atom. The molecule has 84 valence electrons. The van der Waals surface area contributed by atoms with Crippen molar-refractivity contribution in [3.63, 3.8) is 0 Å². The Bertz CT molecular complexity index is 473. The van der Waals surface area contributed by atoms with Gasteiger partial charge in [-0.1, -0.05) is 0 Å². The molecule has 1 aromatic rings. The van der Waals surface area contributed by atoms with E-state index in [4.69, 9.17) is 5.26 Å². The van der Waals surface area contributed by atoms with Crippen molar-refractivity contribution >= 4 is 28.4 Å². The molecule has 0 amide bonds. The lowest BCUT2D eigenvalue weighted by Crippen LogP contribution is -2.03. The van der Waals surface area contributed by atoms with Gasteiger partial charge in [-0.15, -0.1) is 0 Å². The van der Waals surface area contributed by atoms with E-state index in [1.807, 2.05) is 0 Å². The van der Waals surface area contributed by atoms with E-state index < -0.39 is 22.7 Å². The van der Waals surface area contributed by atoms with E-state index in [1.54, 1.807) is 6.07 Å². The number of aromatic nitrogens is 1. The van der Waals surface area contributed by atoms with Gasteiger partial charge in [-0.25, -0.2) is 8.78 Å². The Hall–Kier alpha value is -1.37. The van der Waals surface area contributed by atoms with Gasteiger partial charge in [0.1, 0.15) is 9.99 Å². The number of nitriles is 1. The topological polar surface area (TPSA) is 79.8 Å². The zero-order chi connectivity index (χ0) is 12.3. The van der Waals surface area contributed by atoms with Crippen LogP contribution in [-0.2, 0) is 6.42 Å². The maximum atomic E-state index is 12.6. The van der Waals surface area contributed by atoms with Crippen molar-refractivity contribution in [2.45, 2.75) is 12.8 Å². The summed E-state index contributed by atoms with van der Waals surface area (Å²) in [6, 6.07) is 2.72. The lowest BCUT2D eigenvalue weighted by molar-refractivity contribution is -0.390.